The van der Waals surface area contributed by atoms with Gasteiger partial charge in [-0.05, 0) is 41.5 Å². The van der Waals surface area contributed by atoms with E-state index in [1.54, 1.807) is 7.11 Å². The number of ether oxygens (including phenoxy) is 2. The van der Waals surface area contributed by atoms with Gasteiger partial charge in [0.25, 0.3) is 0 Å². The molecule has 0 aliphatic rings. The quantitative estimate of drug-likeness (QED) is 0.172. The van der Waals surface area contributed by atoms with E-state index < -0.39 is 0 Å². The molecule has 0 spiro atoms. The van der Waals surface area contributed by atoms with E-state index in [1.165, 1.54) is 43.7 Å². The van der Waals surface area contributed by atoms with Crippen LogP contribution in [0.1, 0.15) is 11.1 Å². The molecule has 4 nitrogen and oxygen atoms in total. The number of para-hydroxylation sites is 3. The van der Waals surface area contributed by atoms with Crippen LogP contribution in [0.4, 0.5) is 0 Å². The first-order valence-corrected chi connectivity index (χ1v) is 12.4. The van der Waals surface area contributed by atoms with Crippen LogP contribution >= 0.6 is 0 Å². The van der Waals surface area contributed by atoms with Crippen LogP contribution in [0, 0.1) is 0 Å². The summed E-state index contributed by atoms with van der Waals surface area (Å²) in [6.45, 7) is 2.69. The van der Waals surface area contributed by atoms with Gasteiger partial charge in [-0.2, -0.15) is 0 Å². The molecule has 0 atom stereocenters. The van der Waals surface area contributed by atoms with E-state index in [-0.39, 0.29) is 0 Å². The van der Waals surface area contributed by atoms with Crippen LogP contribution in [-0.4, -0.2) is 36.5 Å². The van der Waals surface area contributed by atoms with Crippen molar-refractivity contribution in [1.29, 1.82) is 0 Å². The fraction of sp³-hybridized carbons (Fsp3) is 0.156. The Bertz CT molecular complexity index is 1660. The van der Waals surface area contributed by atoms with Gasteiger partial charge in [-0.1, -0.05) is 72.8 Å². The normalized spacial score (nSPS) is 12.0. The van der Waals surface area contributed by atoms with Crippen molar-refractivity contribution in [3.8, 4) is 0 Å². The second-order valence-corrected chi connectivity index (χ2v) is 8.94. The summed E-state index contributed by atoms with van der Waals surface area (Å²) in [5, 5.41) is 4.85. The number of aromatic nitrogens is 2. The number of fused-ring (bicyclic) bond motifs is 5. The molecule has 6 aromatic rings. The third-order valence-electron chi connectivity index (χ3n) is 6.76. The zero-order valence-corrected chi connectivity index (χ0v) is 20.4. The Hall–Kier alpha value is -3.99. The van der Waals surface area contributed by atoms with Crippen LogP contribution < -0.4 is 0 Å². The minimum absolute atomic E-state index is 0.612. The van der Waals surface area contributed by atoms with Crippen molar-refractivity contribution in [3.05, 3.63) is 102 Å². The smallest absolute Gasteiger partial charge is 0.0715 e. The highest BCUT2D eigenvalue weighted by molar-refractivity contribution is 6.09. The molecule has 0 N–H and O–H groups in total. The van der Waals surface area contributed by atoms with E-state index in [0.717, 1.165) is 17.6 Å². The van der Waals surface area contributed by atoms with Gasteiger partial charge in [-0.15, -0.1) is 0 Å². The highest BCUT2D eigenvalue weighted by Crippen LogP contribution is 2.31. The molecular weight excluding hydrogens is 444 g/mol. The van der Waals surface area contributed by atoms with Gasteiger partial charge >= 0.3 is 0 Å². The molecule has 2 aromatic heterocycles. The van der Waals surface area contributed by atoms with Crippen LogP contribution in [0.2, 0.25) is 0 Å². The third-order valence-corrected chi connectivity index (χ3v) is 6.76. The molecule has 0 saturated carbocycles. The van der Waals surface area contributed by atoms with Gasteiger partial charge in [0.2, 0.25) is 0 Å². The molecule has 2 heterocycles. The summed E-state index contributed by atoms with van der Waals surface area (Å²) in [5.74, 6) is 0. The Morgan fingerprint density at radius 3 is 2.08 bits per heavy atom. The summed E-state index contributed by atoms with van der Waals surface area (Å²) in [7, 11) is 1.70. The average Bonchev–Trinajstić information content (AvgIpc) is 3.24. The SMILES string of the molecule is COCCOCCn1c2ccccc2c2cc(/C=C/c3c4ccccc4nc4ccccc34)ccc21. The topological polar surface area (TPSA) is 36.3 Å². The monoisotopic (exact) mass is 472 g/mol. The molecule has 4 aromatic carbocycles. The molecule has 0 radical (unpaired) electrons. The fourth-order valence-electron chi connectivity index (χ4n) is 5.05. The molecule has 4 heteroatoms. The predicted molar refractivity (Wildman–Crippen MR) is 150 cm³/mol. The lowest BCUT2D eigenvalue weighted by Crippen LogP contribution is -2.09. The Morgan fingerprint density at radius 1 is 0.667 bits per heavy atom. The van der Waals surface area contributed by atoms with Crippen molar-refractivity contribution in [2.75, 3.05) is 26.9 Å². The number of rotatable bonds is 8. The summed E-state index contributed by atoms with van der Waals surface area (Å²) in [6.07, 6.45) is 4.45. The largest absolute Gasteiger partial charge is 0.382 e. The Kier molecular flexibility index (Phi) is 6.20. The van der Waals surface area contributed by atoms with Gasteiger partial charge in [0, 0.05) is 46.2 Å². The van der Waals surface area contributed by atoms with E-state index in [2.05, 4.69) is 95.6 Å². The number of hydrogen-bond donors (Lipinski definition) is 0. The van der Waals surface area contributed by atoms with Gasteiger partial charge in [0.15, 0.2) is 0 Å². The molecule has 0 amide bonds. The van der Waals surface area contributed by atoms with Crippen LogP contribution in [0.5, 0.6) is 0 Å². The highest BCUT2D eigenvalue weighted by atomic mass is 16.5. The number of benzene rings is 4. The first-order chi connectivity index (χ1) is 17.8. The first kappa shape index (κ1) is 22.5. The van der Waals surface area contributed by atoms with Gasteiger partial charge in [-0.3, -0.25) is 0 Å². The van der Waals surface area contributed by atoms with E-state index >= 15 is 0 Å². The summed E-state index contributed by atoms with van der Waals surface area (Å²) >= 11 is 0. The van der Waals surface area contributed by atoms with Gasteiger partial charge in [0.05, 0.1) is 30.9 Å². The number of methoxy groups -OCH3 is 1. The van der Waals surface area contributed by atoms with Crippen LogP contribution in [0.25, 0.3) is 55.8 Å². The maximum Gasteiger partial charge on any atom is 0.0715 e. The highest BCUT2D eigenvalue weighted by Gasteiger charge is 2.11. The van der Waals surface area contributed by atoms with Crippen molar-refractivity contribution < 1.29 is 9.47 Å². The number of nitrogens with zero attached hydrogens (tertiary/aromatic N) is 2. The first-order valence-electron chi connectivity index (χ1n) is 12.4. The van der Waals surface area contributed by atoms with Crippen LogP contribution in [0.3, 0.4) is 0 Å². The van der Waals surface area contributed by atoms with Crippen molar-refractivity contribution in [3.63, 3.8) is 0 Å². The molecule has 0 fully saturated rings. The minimum atomic E-state index is 0.612. The minimum Gasteiger partial charge on any atom is -0.382 e. The van der Waals surface area contributed by atoms with E-state index in [9.17, 15) is 0 Å². The van der Waals surface area contributed by atoms with Crippen molar-refractivity contribution in [1.82, 2.24) is 9.55 Å². The predicted octanol–water partition coefficient (Wildman–Crippen LogP) is 7.33. The van der Waals surface area contributed by atoms with E-state index in [0.29, 0.717) is 19.8 Å². The van der Waals surface area contributed by atoms with Crippen molar-refractivity contribution >= 4 is 55.8 Å². The average molecular weight is 473 g/mol. The second-order valence-electron chi connectivity index (χ2n) is 8.94. The maximum atomic E-state index is 5.76. The number of hydrogen-bond acceptors (Lipinski definition) is 3. The Balaban J connectivity index is 1.40. The molecular formula is C32H28N2O2. The summed E-state index contributed by atoms with van der Waals surface area (Å²) in [4.78, 5) is 4.86. The molecule has 178 valence electrons. The summed E-state index contributed by atoms with van der Waals surface area (Å²) in [6, 6.07) is 32.0. The molecule has 0 aliphatic heterocycles. The van der Waals surface area contributed by atoms with Crippen LogP contribution in [-0.2, 0) is 16.0 Å². The van der Waals surface area contributed by atoms with Gasteiger partial charge in [-0.25, -0.2) is 4.98 Å². The Labute approximate surface area is 210 Å². The van der Waals surface area contributed by atoms with Crippen molar-refractivity contribution in [2.24, 2.45) is 0 Å². The standard InChI is InChI=1S/C32H28N2O2/c1-35-20-21-36-19-18-34-31-13-7-4-10-27(31)28-22-23(15-17-32(28)34)14-16-24-25-8-2-5-11-29(25)33-30-12-6-3-9-26(24)30/h2-17,22H,18-21H2,1H3/b16-14+. The second kappa shape index (κ2) is 9.94. The molecule has 0 aliphatic carbocycles. The lowest BCUT2D eigenvalue weighted by molar-refractivity contribution is 0.0673. The lowest BCUT2D eigenvalue weighted by atomic mass is 10.0. The summed E-state index contributed by atoms with van der Waals surface area (Å²) in [5.41, 5.74) is 6.86. The Morgan fingerprint density at radius 2 is 1.33 bits per heavy atom. The molecule has 36 heavy (non-hydrogen) atoms. The zero-order chi connectivity index (χ0) is 24.3. The maximum absolute atomic E-state index is 5.76. The van der Waals surface area contributed by atoms with Gasteiger partial charge in [0.1, 0.15) is 0 Å². The van der Waals surface area contributed by atoms with Gasteiger partial charge < -0.3 is 14.0 Å². The lowest BCUT2D eigenvalue weighted by Gasteiger charge is -2.09. The third kappa shape index (κ3) is 4.15. The fourth-order valence-corrected chi connectivity index (χ4v) is 5.05. The molecule has 6 rings (SSSR count). The zero-order valence-electron chi connectivity index (χ0n) is 20.4. The van der Waals surface area contributed by atoms with Crippen molar-refractivity contribution in [2.45, 2.75) is 6.54 Å². The van der Waals surface area contributed by atoms with Crippen LogP contribution in [0.15, 0.2) is 91.0 Å². The van der Waals surface area contributed by atoms with E-state index in [1.807, 2.05) is 12.1 Å². The molecule has 0 bridgehead atoms. The molecule has 0 unspecified atom stereocenters. The summed E-state index contributed by atoms with van der Waals surface area (Å²) < 4.78 is 13.2. The number of pyridine rings is 1. The molecule has 0 saturated heterocycles. The van der Waals surface area contributed by atoms with E-state index in [4.69, 9.17) is 14.5 Å².